The first-order valence-electron chi connectivity index (χ1n) is 3.76. The Balaban J connectivity index is 2.97. The van der Waals surface area contributed by atoms with Crippen molar-refractivity contribution in [3.05, 3.63) is 38.9 Å². The highest BCUT2D eigenvalue weighted by Crippen LogP contribution is 2.35. The molecule has 0 aliphatic carbocycles. The lowest BCUT2D eigenvalue weighted by Gasteiger charge is -2.04. The topological polar surface area (TPSA) is 20.2 Å². The van der Waals surface area contributed by atoms with Crippen LogP contribution in [0.15, 0.2) is 30.3 Å². The molecule has 0 saturated heterocycles. The molecule has 0 atom stereocenters. The maximum atomic E-state index is 9.65. The monoisotopic (exact) mass is 304 g/mol. The van der Waals surface area contributed by atoms with Crippen LogP contribution in [0.4, 0.5) is 0 Å². The Labute approximate surface area is 94.5 Å². The van der Waals surface area contributed by atoms with Crippen LogP contribution in [-0.2, 0) is 0 Å². The molecule has 1 nitrogen and oxygen atoms in total. The van der Waals surface area contributed by atoms with Crippen molar-refractivity contribution < 1.29 is 5.11 Å². The van der Waals surface area contributed by atoms with Crippen LogP contribution in [-0.4, -0.2) is 5.11 Å². The van der Waals surface area contributed by atoms with Gasteiger partial charge < -0.3 is 5.11 Å². The van der Waals surface area contributed by atoms with Crippen LogP contribution in [0.5, 0.6) is 5.75 Å². The third-order valence-corrected chi connectivity index (χ3v) is 3.10. The lowest BCUT2D eigenvalue weighted by atomic mass is 10.1. The molecule has 0 radical (unpaired) electrons. The van der Waals surface area contributed by atoms with Crippen molar-refractivity contribution in [2.75, 3.05) is 0 Å². The molecule has 0 spiro atoms. The summed E-state index contributed by atoms with van der Waals surface area (Å²) in [5.74, 6) is 0.165. The first-order valence-corrected chi connectivity index (χ1v) is 5.21. The van der Waals surface area contributed by atoms with Crippen LogP contribution >= 0.6 is 34.2 Å². The van der Waals surface area contributed by atoms with Gasteiger partial charge in [0.15, 0.2) is 0 Å². The van der Waals surface area contributed by atoms with E-state index >= 15 is 0 Å². The summed E-state index contributed by atoms with van der Waals surface area (Å²) >= 11 is 8.04. The van der Waals surface area contributed by atoms with Gasteiger partial charge in [0, 0.05) is 8.96 Å². The van der Waals surface area contributed by atoms with E-state index in [1.54, 1.807) is 6.07 Å². The molecule has 0 amide bonds. The Morgan fingerprint density at radius 2 is 1.77 bits per heavy atom. The lowest BCUT2D eigenvalue weighted by molar-refractivity contribution is 0.482. The van der Waals surface area contributed by atoms with Gasteiger partial charge in [-0.05, 0) is 34.0 Å². The summed E-state index contributed by atoms with van der Waals surface area (Å²) < 4.78 is 1.05. The number of rotatable bonds is 0. The number of halogens is 2. The molecule has 13 heavy (non-hydrogen) atoms. The molecule has 1 N–H and O–H groups in total. The van der Waals surface area contributed by atoms with Gasteiger partial charge in [-0.2, -0.15) is 0 Å². The minimum absolute atomic E-state index is 0.165. The average Bonchev–Trinajstić information content (AvgIpc) is 2.15. The van der Waals surface area contributed by atoms with Crippen LogP contribution in [0.2, 0.25) is 5.02 Å². The molecule has 2 aromatic rings. The van der Waals surface area contributed by atoms with Gasteiger partial charge >= 0.3 is 0 Å². The third kappa shape index (κ3) is 1.48. The highest BCUT2D eigenvalue weighted by atomic mass is 127. The van der Waals surface area contributed by atoms with Gasteiger partial charge in [-0.15, -0.1) is 0 Å². The number of phenolic OH excluding ortho intramolecular Hbond substituents is 1. The molecule has 2 rings (SSSR count). The molecular weight excluding hydrogens is 298 g/mol. The molecule has 0 heterocycles. The van der Waals surface area contributed by atoms with Crippen LogP contribution in [0.1, 0.15) is 0 Å². The molecule has 0 bridgehead atoms. The fourth-order valence-corrected chi connectivity index (χ4v) is 2.46. The summed E-state index contributed by atoms with van der Waals surface area (Å²) in [6.45, 7) is 0. The maximum absolute atomic E-state index is 9.65. The third-order valence-electron chi connectivity index (χ3n) is 1.92. The molecule has 0 fully saturated rings. The number of hydrogen-bond acceptors (Lipinski definition) is 1. The quantitative estimate of drug-likeness (QED) is 0.734. The average molecular weight is 305 g/mol. The molecule has 0 unspecified atom stereocenters. The highest BCUT2D eigenvalue weighted by molar-refractivity contribution is 14.1. The fraction of sp³-hybridized carbons (Fsp3) is 0. The Morgan fingerprint density at radius 3 is 2.46 bits per heavy atom. The molecule has 2 aromatic carbocycles. The molecule has 66 valence electrons. The zero-order valence-corrected chi connectivity index (χ0v) is 9.50. The van der Waals surface area contributed by atoms with E-state index in [9.17, 15) is 5.11 Å². The van der Waals surface area contributed by atoms with Gasteiger partial charge in [0.1, 0.15) is 5.75 Å². The summed E-state index contributed by atoms with van der Waals surface area (Å²) in [5, 5.41) is 11.9. The second-order valence-electron chi connectivity index (χ2n) is 2.73. The van der Waals surface area contributed by atoms with E-state index in [-0.39, 0.29) is 5.75 Å². The summed E-state index contributed by atoms with van der Waals surface area (Å²) in [6.07, 6.45) is 0. The smallest absolute Gasteiger partial charge is 0.142 e. The van der Waals surface area contributed by atoms with E-state index in [2.05, 4.69) is 22.6 Å². The van der Waals surface area contributed by atoms with Crippen molar-refractivity contribution in [2.45, 2.75) is 0 Å². The predicted octanol–water partition coefficient (Wildman–Crippen LogP) is 3.80. The van der Waals surface area contributed by atoms with E-state index in [1.165, 1.54) is 0 Å². The number of aromatic hydroxyl groups is 1. The van der Waals surface area contributed by atoms with Crippen molar-refractivity contribution in [1.29, 1.82) is 0 Å². The van der Waals surface area contributed by atoms with E-state index in [0.717, 1.165) is 14.3 Å². The molecule has 0 aromatic heterocycles. The van der Waals surface area contributed by atoms with Crippen molar-refractivity contribution in [3.8, 4) is 5.75 Å². The Kier molecular flexibility index (Phi) is 2.34. The Bertz CT molecular complexity index is 468. The zero-order chi connectivity index (χ0) is 9.42. The van der Waals surface area contributed by atoms with Gasteiger partial charge in [-0.1, -0.05) is 35.9 Å². The van der Waals surface area contributed by atoms with Crippen molar-refractivity contribution in [1.82, 2.24) is 0 Å². The molecule has 0 saturated carbocycles. The standard InChI is InChI=1S/C10H6ClIO/c11-8-5-9(12)6-3-1-2-4-7(6)10(8)13/h1-5,13H. The van der Waals surface area contributed by atoms with Gasteiger partial charge in [-0.25, -0.2) is 0 Å². The van der Waals surface area contributed by atoms with E-state index in [1.807, 2.05) is 24.3 Å². The van der Waals surface area contributed by atoms with Gasteiger partial charge in [0.05, 0.1) is 5.02 Å². The van der Waals surface area contributed by atoms with Gasteiger partial charge in [-0.3, -0.25) is 0 Å². The second kappa shape index (κ2) is 3.35. The molecule has 0 aliphatic heterocycles. The summed E-state index contributed by atoms with van der Waals surface area (Å²) in [6, 6.07) is 9.41. The maximum Gasteiger partial charge on any atom is 0.142 e. The first-order chi connectivity index (χ1) is 6.20. The minimum atomic E-state index is 0.165. The van der Waals surface area contributed by atoms with Crippen molar-refractivity contribution in [2.24, 2.45) is 0 Å². The van der Waals surface area contributed by atoms with E-state index in [0.29, 0.717) is 5.02 Å². The number of fused-ring (bicyclic) bond motifs is 1. The van der Waals surface area contributed by atoms with Crippen LogP contribution in [0.3, 0.4) is 0 Å². The first kappa shape index (κ1) is 9.09. The van der Waals surface area contributed by atoms with Gasteiger partial charge in [0.2, 0.25) is 0 Å². The van der Waals surface area contributed by atoms with E-state index in [4.69, 9.17) is 11.6 Å². The summed E-state index contributed by atoms with van der Waals surface area (Å²) in [7, 11) is 0. The Morgan fingerprint density at radius 1 is 1.15 bits per heavy atom. The highest BCUT2D eigenvalue weighted by Gasteiger charge is 2.06. The minimum Gasteiger partial charge on any atom is -0.506 e. The largest absolute Gasteiger partial charge is 0.506 e. The van der Waals surface area contributed by atoms with Crippen molar-refractivity contribution in [3.63, 3.8) is 0 Å². The van der Waals surface area contributed by atoms with Crippen LogP contribution in [0, 0.1) is 3.57 Å². The fourth-order valence-electron chi connectivity index (χ4n) is 1.28. The second-order valence-corrected chi connectivity index (χ2v) is 4.30. The van der Waals surface area contributed by atoms with E-state index < -0.39 is 0 Å². The van der Waals surface area contributed by atoms with Crippen molar-refractivity contribution >= 4 is 45.0 Å². The predicted molar refractivity (Wildman–Crippen MR) is 63.3 cm³/mol. The molecule has 0 aliphatic rings. The molecule has 3 heteroatoms. The van der Waals surface area contributed by atoms with Gasteiger partial charge in [0.25, 0.3) is 0 Å². The SMILES string of the molecule is Oc1c(Cl)cc(I)c2ccccc12. The Hall–Kier alpha value is -0.480. The number of hydrogen-bond donors (Lipinski definition) is 1. The lowest BCUT2D eigenvalue weighted by Crippen LogP contribution is -1.79. The van der Waals surface area contributed by atoms with Crippen LogP contribution < -0.4 is 0 Å². The van der Waals surface area contributed by atoms with Crippen LogP contribution in [0.25, 0.3) is 10.8 Å². The summed E-state index contributed by atoms with van der Waals surface area (Å²) in [5.41, 5.74) is 0. The normalized spacial score (nSPS) is 10.6. The summed E-state index contributed by atoms with van der Waals surface area (Å²) in [4.78, 5) is 0. The number of phenols is 1. The zero-order valence-electron chi connectivity index (χ0n) is 6.59. The number of benzene rings is 2. The molecular formula is C10H6ClIO.